The molecule has 8 nitrogen and oxygen atoms in total. The van der Waals surface area contributed by atoms with E-state index in [-0.39, 0.29) is 24.3 Å². The highest BCUT2D eigenvalue weighted by atomic mass is 16.2. The molecule has 4 rings (SSSR count). The molecule has 1 aliphatic carbocycles. The number of nitrogens with zero attached hydrogens (tertiary/aromatic N) is 1. The Morgan fingerprint density at radius 2 is 1.93 bits per heavy atom. The highest BCUT2D eigenvalue weighted by Crippen LogP contribution is 2.34. The molecule has 0 radical (unpaired) electrons. The van der Waals surface area contributed by atoms with Crippen LogP contribution in [-0.4, -0.2) is 46.7 Å². The van der Waals surface area contributed by atoms with Crippen LogP contribution in [0, 0.1) is 5.92 Å². The number of amides is 4. The summed E-state index contributed by atoms with van der Waals surface area (Å²) in [6, 6.07) is 4.20. The van der Waals surface area contributed by atoms with Crippen molar-refractivity contribution >= 4 is 23.6 Å². The zero-order chi connectivity index (χ0) is 20.8. The number of nitrogens with two attached hydrogens (primary N) is 1. The first-order valence-corrected chi connectivity index (χ1v) is 10.1. The third-order valence-corrected chi connectivity index (χ3v) is 6.41. The molecular weight excluding hydrogens is 372 g/mol. The van der Waals surface area contributed by atoms with Crippen molar-refractivity contribution in [1.29, 1.82) is 0 Å². The second-order valence-corrected chi connectivity index (χ2v) is 8.52. The number of nitrogens with one attached hydrogen (secondary N) is 2. The number of carbonyl (C=O) groups excluding carboxylic acids is 4. The summed E-state index contributed by atoms with van der Waals surface area (Å²) in [5.41, 5.74) is 7.46. The Morgan fingerprint density at radius 1 is 1.17 bits per heavy atom. The average molecular weight is 398 g/mol. The Bertz CT molecular complexity index is 891. The van der Waals surface area contributed by atoms with Crippen molar-refractivity contribution in [2.45, 2.75) is 57.2 Å². The number of hydrogen-bond donors (Lipinski definition) is 3. The molecule has 0 spiro atoms. The Hall–Kier alpha value is -2.58. The molecule has 2 aliphatic heterocycles. The summed E-state index contributed by atoms with van der Waals surface area (Å²) in [5, 5.41) is 5.55. The molecule has 1 saturated heterocycles. The molecule has 1 aromatic rings. The van der Waals surface area contributed by atoms with Gasteiger partial charge in [0.25, 0.3) is 11.8 Å². The molecule has 29 heavy (non-hydrogen) atoms. The summed E-state index contributed by atoms with van der Waals surface area (Å²) < 4.78 is 0. The SMILES string of the molecule is CC(N)(CNCc1cccc2c1C(=O)N(C1CCC(=O)NC1=O)C2=O)C1CCC1. The van der Waals surface area contributed by atoms with Crippen molar-refractivity contribution in [1.82, 2.24) is 15.5 Å². The van der Waals surface area contributed by atoms with E-state index in [1.54, 1.807) is 12.1 Å². The molecular formula is C21H26N4O4. The smallest absolute Gasteiger partial charge is 0.262 e. The molecule has 4 amide bonds. The van der Waals surface area contributed by atoms with Gasteiger partial charge in [-0.2, -0.15) is 0 Å². The Balaban J connectivity index is 1.50. The first-order valence-electron chi connectivity index (χ1n) is 10.1. The second-order valence-electron chi connectivity index (χ2n) is 8.52. The molecule has 1 saturated carbocycles. The van der Waals surface area contributed by atoms with Gasteiger partial charge in [-0.05, 0) is 43.7 Å². The predicted molar refractivity (Wildman–Crippen MR) is 105 cm³/mol. The molecule has 2 fully saturated rings. The normalized spacial score (nSPS) is 24.2. The summed E-state index contributed by atoms with van der Waals surface area (Å²) in [4.78, 5) is 50.5. The quantitative estimate of drug-likeness (QED) is 0.607. The summed E-state index contributed by atoms with van der Waals surface area (Å²) in [7, 11) is 0. The van der Waals surface area contributed by atoms with Gasteiger partial charge < -0.3 is 11.1 Å². The number of imide groups is 2. The third kappa shape index (κ3) is 3.47. The van der Waals surface area contributed by atoms with Crippen molar-refractivity contribution in [2.24, 2.45) is 11.7 Å². The van der Waals surface area contributed by atoms with Gasteiger partial charge in [-0.1, -0.05) is 18.6 Å². The van der Waals surface area contributed by atoms with Crippen molar-refractivity contribution in [3.05, 3.63) is 34.9 Å². The number of benzene rings is 1. The fraction of sp³-hybridized carbons (Fsp3) is 0.524. The van der Waals surface area contributed by atoms with Gasteiger partial charge in [-0.3, -0.25) is 29.4 Å². The van der Waals surface area contributed by atoms with E-state index in [9.17, 15) is 19.2 Å². The molecule has 154 valence electrons. The molecule has 8 heteroatoms. The van der Waals surface area contributed by atoms with Gasteiger partial charge in [0, 0.05) is 25.0 Å². The van der Waals surface area contributed by atoms with Crippen molar-refractivity contribution in [2.75, 3.05) is 6.54 Å². The molecule has 2 heterocycles. The monoisotopic (exact) mass is 398 g/mol. The van der Waals surface area contributed by atoms with E-state index in [1.165, 1.54) is 6.42 Å². The molecule has 1 aromatic carbocycles. The van der Waals surface area contributed by atoms with E-state index in [0.29, 0.717) is 35.7 Å². The van der Waals surface area contributed by atoms with E-state index in [0.717, 1.165) is 17.7 Å². The molecule has 0 aromatic heterocycles. The van der Waals surface area contributed by atoms with Gasteiger partial charge >= 0.3 is 0 Å². The fourth-order valence-electron chi connectivity index (χ4n) is 4.41. The van der Waals surface area contributed by atoms with Gasteiger partial charge in [0.05, 0.1) is 11.1 Å². The maximum absolute atomic E-state index is 13.1. The van der Waals surface area contributed by atoms with Crippen LogP contribution in [0.2, 0.25) is 0 Å². The topological polar surface area (TPSA) is 122 Å². The van der Waals surface area contributed by atoms with Crippen LogP contribution in [-0.2, 0) is 16.1 Å². The lowest BCUT2D eigenvalue weighted by molar-refractivity contribution is -0.136. The predicted octanol–water partition coefficient (Wildman–Crippen LogP) is 0.695. The summed E-state index contributed by atoms with van der Waals surface area (Å²) >= 11 is 0. The van der Waals surface area contributed by atoms with Crippen LogP contribution in [0.3, 0.4) is 0 Å². The highest BCUT2D eigenvalue weighted by Gasteiger charge is 2.45. The van der Waals surface area contributed by atoms with Crippen LogP contribution in [0.5, 0.6) is 0 Å². The standard InChI is InChI=1S/C21H26N4O4/c1-21(22,13-5-3-6-13)11-23-10-12-4-2-7-14-17(12)20(29)25(19(14)28)15-8-9-16(26)24-18(15)27/h2,4,7,13,15,23H,3,5-6,8-11,22H2,1H3,(H,24,26,27). The second kappa shape index (κ2) is 7.35. The summed E-state index contributed by atoms with van der Waals surface area (Å²) in [5.74, 6) is -1.45. The zero-order valence-electron chi connectivity index (χ0n) is 16.5. The molecule has 2 atom stereocenters. The molecule has 3 aliphatic rings. The summed E-state index contributed by atoms with van der Waals surface area (Å²) in [6.07, 6.45) is 3.76. The lowest BCUT2D eigenvalue weighted by Gasteiger charge is -2.40. The maximum Gasteiger partial charge on any atom is 0.262 e. The number of fused-ring (bicyclic) bond motifs is 1. The first kappa shape index (κ1) is 19.7. The minimum Gasteiger partial charge on any atom is -0.324 e. The largest absolute Gasteiger partial charge is 0.324 e. The number of carbonyl (C=O) groups is 4. The maximum atomic E-state index is 13.1. The van der Waals surface area contributed by atoms with Crippen LogP contribution < -0.4 is 16.4 Å². The minimum absolute atomic E-state index is 0.106. The van der Waals surface area contributed by atoms with Crippen LogP contribution in [0.15, 0.2) is 18.2 Å². The molecule has 2 unspecified atom stereocenters. The summed E-state index contributed by atoms with van der Waals surface area (Å²) in [6.45, 7) is 3.06. The van der Waals surface area contributed by atoms with Crippen LogP contribution in [0.25, 0.3) is 0 Å². The van der Waals surface area contributed by atoms with Crippen LogP contribution in [0.1, 0.15) is 65.3 Å². The van der Waals surface area contributed by atoms with Gasteiger partial charge in [0.2, 0.25) is 11.8 Å². The Kier molecular flexibility index (Phi) is 5.00. The minimum atomic E-state index is -0.952. The van der Waals surface area contributed by atoms with Crippen molar-refractivity contribution in [3.63, 3.8) is 0 Å². The van der Waals surface area contributed by atoms with Crippen molar-refractivity contribution in [3.8, 4) is 0 Å². The lowest BCUT2D eigenvalue weighted by atomic mass is 9.72. The average Bonchev–Trinajstić information content (AvgIpc) is 2.85. The first-order chi connectivity index (χ1) is 13.8. The number of hydrogen-bond acceptors (Lipinski definition) is 6. The van der Waals surface area contributed by atoms with Gasteiger partial charge in [0.1, 0.15) is 6.04 Å². The third-order valence-electron chi connectivity index (χ3n) is 6.41. The highest BCUT2D eigenvalue weighted by molar-refractivity contribution is 6.24. The fourth-order valence-corrected chi connectivity index (χ4v) is 4.41. The van der Waals surface area contributed by atoms with Crippen LogP contribution in [0.4, 0.5) is 0 Å². The Morgan fingerprint density at radius 3 is 2.59 bits per heavy atom. The van der Waals surface area contributed by atoms with E-state index >= 15 is 0 Å². The lowest BCUT2D eigenvalue weighted by Crippen LogP contribution is -2.54. The van der Waals surface area contributed by atoms with Crippen LogP contribution >= 0.6 is 0 Å². The van der Waals surface area contributed by atoms with Gasteiger partial charge in [-0.15, -0.1) is 0 Å². The van der Waals surface area contributed by atoms with E-state index in [1.807, 2.05) is 13.0 Å². The van der Waals surface area contributed by atoms with E-state index in [2.05, 4.69) is 10.6 Å². The van der Waals surface area contributed by atoms with Gasteiger partial charge in [-0.25, -0.2) is 0 Å². The Labute approximate surface area is 169 Å². The van der Waals surface area contributed by atoms with E-state index in [4.69, 9.17) is 5.73 Å². The number of piperidine rings is 1. The zero-order valence-corrected chi connectivity index (χ0v) is 16.5. The molecule has 4 N–H and O–H groups in total. The van der Waals surface area contributed by atoms with Crippen molar-refractivity contribution < 1.29 is 19.2 Å². The molecule has 0 bridgehead atoms. The number of rotatable bonds is 6. The van der Waals surface area contributed by atoms with Gasteiger partial charge in [0.15, 0.2) is 0 Å². The van der Waals surface area contributed by atoms with E-state index < -0.39 is 23.8 Å².